The zero-order valence-electron chi connectivity index (χ0n) is 18.1. The number of amides is 1. The maximum atomic E-state index is 12.9. The molecule has 4 N–H and O–H groups in total. The number of aromatic nitrogens is 2. The maximum Gasteiger partial charge on any atom is 0.252 e. The summed E-state index contributed by atoms with van der Waals surface area (Å²) in [4.78, 5) is 15.2. The Morgan fingerprint density at radius 3 is 2.68 bits per heavy atom. The number of piperidine rings is 1. The summed E-state index contributed by atoms with van der Waals surface area (Å²) in [6, 6.07) is 8.38. The molecule has 0 bridgehead atoms. The molecule has 3 fully saturated rings. The summed E-state index contributed by atoms with van der Waals surface area (Å²) < 4.78 is 7.33. The van der Waals surface area contributed by atoms with E-state index in [1.165, 1.54) is 11.3 Å². The van der Waals surface area contributed by atoms with Gasteiger partial charge in [0.05, 0.1) is 25.6 Å². The minimum absolute atomic E-state index is 0.0545. The lowest BCUT2D eigenvalue weighted by molar-refractivity contribution is 0.0913. The minimum atomic E-state index is -0.113. The highest BCUT2D eigenvalue weighted by Crippen LogP contribution is 2.32. The first-order valence-electron chi connectivity index (χ1n) is 11.1. The number of ether oxygens (including phenoxy) is 1. The average Bonchev–Trinajstić information content (AvgIpc) is 3.37. The Labute approximate surface area is 182 Å². The van der Waals surface area contributed by atoms with Crippen LogP contribution in [-0.2, 0) is 11.8 Å². The third-order valence-corrected chi connectivity index (χ3v) is 6.90. The van der Waals surface area contributed by atoms with E-state index in [9.17, 15) is 4.79 Å². The van der Waals surface area contributed by atoms with Gasteiger partial charge in [-0.2, -0.15) is 5.10 Å². The van der Waals surface area contributed by atoms with Gasteiger partial charge in [0.25, 0.3) is 5.91 Å². The number of nitrogens with zero attached hydrogens (tertiary/aromatic N) is 3. The lowest BCUT2D eigenvalue weighted by Crippen LogP contribution is -2.49. The Kier molecular flexibility index (Phi) is 5.66. The van der Waals surface area contributed by atoms with Crippen LogP contribution >= 0.6 is 0 Å². The third kappa shape index (κ3) is 4.06. The van der Waals surface area contributed by atoms with Crippen molar-refractivity contribution < 1.29 is 9.53 Å². The molecule has 2 aromatic rings. The Balaban J connectivity index is 1.23. The summed E-state index contributed by atoms with van der Waals surface area (Å²) >= 11 is 0. The molecule has 3 aliphatic rings. The highest BCUT2D eigenvalue weighted by Gasteiger charge is 2.41. The van der Waals surface area contributed by atoms with Crippen molar-refractivity contribution in [2.45, 2.75) is 31.6 Å². The number of benzene rings is 1. The number of hydrogen-bond acceptors (Lipinski definition) is 7. The number of fused-ring (bicyclic) bond motifs is 1. The summed E-state index contributed by atoms with van der Waals surface area (Å²) in [6.45, 7) is 6.22. The minimum Gasteiger partial charge on any atom is -0.378 e. The van der Waals surface area contributed by atoms with Gasteiger partial charge in [0, 0.05) is 67.2 Å². The molecule has 3 aliphatic heterocycles. The van der Waals surface area contributed by atoms with Gasteiger partial charge in [-0.15, -0.1) is 0 Å². The topological polar surface area (TPSA) is 95.5 Å². The number of carbonyl (C=O) groups excluding carboxylic acids is 1. The van der Waals surface area contributed by atoms with Crippen molar-refractivity contribution in [1.82, 2.24) is 31.3 Å². The molecule has 4 atom stereocenters. The van der Waals surface area contributed by atoms with Crippen molar-refractivity contribution in [2.75, 3.05) is 37.7 Å². The van der Waals surface area contributed by atoms with Crippen molar-refractivity contribution in [2.24, 2.45) is 13.0 Å². The molecule has 1 aromatic heterocycles. The van der Waals surface area contributed by atoms with Crippen LogP contribution in [0.15, 0.2) is 30.5 Å². The fraction of sp³-hybridized carbons (Fsp3) is 0.545. The number of carbonyl (C=O) groups is 1. The summed E-state index contributed by atoms with van der Waals surface area (Å²) in [7, 11) is 1.97. The van der Waals surface area contributed by atoms with E-state index in [-0.39, 0.29) is 24.2 Å². The van der Waals surface area contributed by atoms with Crippen LogP contribution in [0.5, 0.6) is 0 Å². The van der Waals surface area contributed by atoms with E-state index in [0.717, 1.165) is 45.0 Å². The number of aryl methyl sites for hydroxylation is 1. The van der Waals surface area contributed by atoms with Gasteiger partial charge in [-0.3, -0.25) is 14.9 Å². The van der Waals surface area contributed by atoms with E-state index in [2.05, 4.69) is 38.4 Å². The second-order valence-electron chi connectivity index (χ2n) is 8.66. The first-order valence-corrected chi connectivity index (χ1v) is 11.1. The Morgan fingerprint density at radius 1 is 1.19 bits per heavy atom. The average molecular weight is 426 g/mol. The second kappa shape index (κ2) is 8.58. The van der Waals surface area contributed by atoms with E-state index in [4.69, 9.17) is 4.74 Å². The third-order valence-electron chi connectivity index (χ3n) is 6.90. The molecule has 4 unspecified atom stereocenters. The lowest BCUT2D eigenvalue weighted by atomic mass is 9.85. The number of hydrazine groups is 1. The SMILES string of the molecule is Cc1c(C2CC3C(CN2)NNC3NC(=O)c2ccc(N3CCOCC3)cc2)cnn1C. The van der Waals surface area contributed by atoms with Crippen LogP contribution in [0.25, 0.3) is 0 Å². The fourth-order valence-corrected chi connectivity index (χ4v) is 4.88. The summed E-state index contributed by atoms with van der Waals surface area (Å²) in [6.07, 6.45) is 2.77. The number of rotatable bonds is 4. The van der Waals surface area contributed by atoms with Gasteiger partial charge in [0.2, 0.25) is 0 Å². The van der Waals surface area contributed by atoms with Crippen molar-refractivity contribution in [3.8, 4) is 0 Å². The van der Waals surface area contributed by atoms with Crippen molar-refractivity contribution in [1.29, 1.82) is 0 Å². The smallest absolute Gasteiger partial charge is 0.252 e. The molecule has 5 rings (SSSR count). The molecule has 0 spiro atoms. The lowest BCUT2D eigenvalue weighted by Gasteiger charge is -2.34. The molecule has 0 aliphatic carbocycles. The molecule has 3 saturated heterocycles. The molecule has 9 heteroatoms. The van der Waals surface area contributed by atoms with E-state index >= 15 is 0 Å². The molecular weight excluding hydrogens is 394 g/mol. The van der Waals surface area contributed by atoms with Crippen LogP contribution < -0.4 is 26.4 Å². The molecule has 4 heterocycles. The van der Waals surface area contributed by atoms with Gasteiger partial charge in [-0.05, 0) is 37.6 Å². The van der Waals surface area contributed by atoms with Crippen LogP contribution in [0, 0.1) is 12.8 Å². The molecule has 0 radical (unpaired) electrons. The van der Waals surface area contributed by atoms with Gasteiger partial charge in [0.15, 0.2) is 0 Å². The van der Waals surface area contributed by atoms with Crippen LogP contribution in [0.3, 0.4) is 0 Å². The number of anilines is 1. The first-order chi connectivity index (χ1) is 15.1. The van der Waals surface area contributed by atoms with E-state index in [0.29, 0.717) is 11.5 Å². The molecule has 1 aromatic carbocycles. The van der Waals surface area contributed by atoms with Gasteiger partial charge in [-0.25, -0.2) is 5.43 Å². The zero-order chi connectivity index (χ0) is 21.4. The van der Waals surface area contributed by atoms with E-state index in [1.54, 1.807) is 0 Å². The van der Waals surface area contributed by atoms with E-state index in [1.807, 2.05) is 42.2 Å². The second-order valence-corrected chi connectivity index (χ2v) is 8.66. The number of morpholine rings is 1. The molecule has 31 heavy (non-hydrogen) atoms. The van der Waals surface area contributed by atoms with Crippen molar-refractivity contribution in [3.63, 3.8) is 0 Å². The van der Waals surface area contributed by atoms with Crippen LogP contribution in [0.4, 0.5) is 5.69 Å². The van der Waals surface area contributed by atoms with Gasteiger partial charge < -0.3 is 20.3 Å². The number of nitrogens with one attached hydrogen (secondary N) is 4. The highest BCUT2D eigenvalue weighted by molar-refractivity contribution is 5.94. The van der Waals surface area contributed by atoms with Crippen molar-refractivity contribution in [3.05, 3.63) is 47.3 Å². The maximum absolute atomic E-state index is 12.9. The predicted molar refractivity (Wildman–Crippen MR) is 118 cm³/mol. The van der Waals surface area contributed by atoms with Crippen LogP contribution in [-0.4, -0.2) is 60.7 Å². The summed E-state index contributed by atoms with van der Waals surface area (Å²) in [5.41, 5.74) is 10.9. The Morgan fingerprint density at radius 2 is 1.97 bits per heavy atom. The molecule has 0 saturated carbocycles. The standard InChI is InChI=1S/C22H31N7O2/c1-14-18(12-24-28(14)2)19-11-17-20(13-23-19)26-27-21(17)25-22(30)15-3-5-16(6-4-15)29-7-9-31-10-8-29/h3-6,12,17,19-21,23,26-27H,7-11,13H2,1-2H3,(H,25,30). The van der Waals surface area contributed by atoms with Crippen molar-refractivity contribution >= 4 is 11.6 Å². The molecule has 9 nitrogen and oxygen atoms in total. The summed E-state index contributed by atoms with van der Waals surface area (Å²) in [5, 5.41) is 11.2. The molecule has 1 amide bonds. The Hall–Kier alpha value is -2.46. The van der Waals surface area contributed by atoms with Crippen LogP contribution in [0.2, 0.25) is 0 Å². The zero-order valence-corrected chi connectivity index (χ0v) is 18.1. The largest absolute Gasteiger partial charge is 0.378 e. The quantitative estimate of drug-likeness (QED) is 0.565. The highest BCUT2D eigenvalue weighted by atomic mass is 16.5. The molecule has 166 valence electrons. The van der Waals surface area contributed by atoms with Gasteiger partial charge in [-0.1, -0.05) is 0 Å². The predicted octanol–water partition coefficient (Wildman–Crippen LogP) is 0.448. The van der Waals surface area contributed by atoms with Gasteiger partial charge in [0.1, 0.15) is 0 Å². The fourth-order valence-electron chi connectivity index (χ4n) is 4.88. The monoisotopic (exact) mass is 425 g/mol. The normalized spacial score (nSPS) is 28.4. The molecular formula is C22H31N7O2. The van der Waals surface area contributed by atoms with Gasteiger partial charge >= 0.3 is 0 Å². The van der Waals surface area contributed by atoms with E-state index < -0.39 is 0 Å². The first kappa shape index (κ1) is 20.4. The van der Waals surface area contributed by atoms with Crippen LogP contribution in [0.1, 0.15) is 34.1 Å². The number of hydrogen-bond donors (Lipinski definition) is 4. The Bertz CT molecular complexity index is 922. The summed E-state index contributed by atoms with van der Waals surface area (Å²) in [5.74, 6) is 0.239.